The van der Waals surface area contributed by atoms with Crippen molar-refractivity contribution in [2.24, 2.45) is 7.05 Å². The van der Waals surface area contributed by atoms with Gasteiger partial charge in [-0.3, -0.25) is 0 Å². The fourth-order valence-electron chi connectivity index (χ4n) is 1.76. The van der Waals surface area contributed by atoms with Gasteiger partial charge in [-0.05, 0) is 13.3 Å². The summed E-state index contributed by atoms with van der Waals surface area (Å²) in [5.41, 5.74) is 1.76. The van der Waals surface area contributed by atoms with Crippen molar-refractivity contribution in [3.05, 3.63) is 18.1 Å². The highest BCUT2D eigenvalue weighted by atomic mass is 15.4. The smallest absolute Gasteiger partial charge is 0.131 e. The normalized spacial score (nSPS) is 10.6. The Labute approximate surface area is 106 Å². The molecule has 2 rings (SSSR count). The molecule has 0 atom stereocenters. The lowest BCUT2D eigenvalue weighted by molar-refractivity contribution is 0.718. The van der Waals surface area contributed by atoms with Gasteiger partial charge < -0.3 is 5.32 Å². The predicted octanol–water partition coefficient (Wildman–Crippen LogP) is 1.66. The summed E-state index contributed by atoms with van der Waals surface area (Å²) in [6.07, 6.45) is 3.62. The van der Waals surface area contributed by atoms with Gasteiger partial charge in [0, 0.05) is 26.1 Å². The van der Waals surface area contributed by atoms with E-state index in [9.17, 15) is 0 Å². The van der Waals surface area contributed by atoms with E-state index in [-0.39, 0.29) is 0 Å². The molecular formula is C12H18N6. The fourth-order valence-corrected chi connectivity index (χ4v) is 1.76. The van der Waals surface area contributed by atoms with Crippen molar-refractivity contribution in [1.82, 2.24) is 25.0 Å². The summed E-state index contributed by atoms with van der Waals surface area (Å²) in [5, 5.41) is 11.0. The van der Waals surface area contributed by atoms with Crippen LogP contribution in [0.1, 0.15) is 26.1 Å². The predicted molar refractivity (Wildman–Crippen MR) is 70.2 cm³/mol. The average Bonchev–Trinajstić information content (AvgIpc) is 2.76. The Morgan fingerprint density at radius 1 is 1.28 bits per heavy atom. The Hall–Kier alpha value is -1.98. The van der Waals surface area contributed by atoms with Gasteiger partial charge in [0.15, 0.2) is 0 Å². The second-order valence-corrected chi connectivity index (χ2v) is 4.08. The van der Waals surface area contributed by atoms with Gasteiger partial charge in [0.2, 0.25) is 0 Å². The molecule has 2 aromatic rings. The lowest BCUT2D eigenvalue weighted by Gasteiger charge is -2.08. The molecule has 0 saturated carbocycles. The minimum Gasteiger partial charge on any atom is -0.370 e. The lowest BCUT2D eigenvalue weighted by Crippen LogP contribution is -2.06. The van der Waals surface area contributed by atoms with Crippen molar-refractivity contribution in [2.45, 2.75) is 26.7 Å². The van der Waals surface area contributed by atoms with E-state index in [1.165, 1.54) is 0 Å². The Morgan fingerprint density at radius 3 is 2.72 bits per heavy atom. The van der Waals surface area contributed by atoms with Crippen LogP contribution < -0.4 is 5.32 Å². The lowest BCUT2D eigenvalue weighted by atomic mass is 10.2. The first kappa shape index (κ1) is 12.5. The van der Waals surface area contributed by atoms with E-state index in [2.05, 4.69) is 32.5 Å². The molecule has 2 aromatic heterocycles. The molecule has 0 spiro atoms. The molecule has 0 saturated heterocycles. The highest BCUT2D eigenvalue weighted by Crippen LogP contribution is 2.18. The standard InChI is InChI=1S/C12H18N6/c1-4-6-11-15-9(7-12(16-11)13-5-2)10-8-14-17-18(10)3/h7-8H,4-6H2,1-3H3,(H,13,15,16). The summed E-state index contributed by atoms with van der Waals surface area (Å²) >= 11 is 0. The second kappa shape index (κ2) is 5.57. The number of rotatable bonds is 5. The van der Waals surface area contributed by atoms with Gasteiger partial charge in [-0.15, -0.1) is 5.10 Å². The minimum atomic E-state index is 0.839. The van der Waals surface area contributed by atoms with Gasteiger partial charge in [-0.1, -0.05) is 12.1 Å². The first-order valence-corrected chi connectivity index (χ1v) is 6.21. The van der Waals surface area contributed by atoms with Crippen LogP contribution in [0.25, 0.3) is 11.4 Å². The molecule has 0 amide bonds. The molecule has 1 N–H and O–H groups in total. The number of aromatic nitrogens is 5. The van der Waals surface area contributed by atoms with E-state index >= 15 is 0 Å². The number of anilines is 1. The third kappa shape index (κ3) is 2.64. The first-order chi connectivity index (χ1) is 8.74. The zero-order valence-corrected chi connectivity index (χ0v) is 11.0. The van der Waals surface area contributed by atoms with Crippen molar-refractivity contribution >= 4 is 5.82 Å². The third-order valence-corrected chi connectivity index (χ3v) is 2.58. The van der Waals surface area contributed by atoms with E-state index in [1.807, 2.05) is 20.0 Å². The third-order valence-electron chi connectivity index (χ3n) is 2.58. The van der Waals surface area contributed by atoms with Gasteiger partial charge in [0.05, 0.1) is 11.9 Å². The first-order valence-electron chi connectivity index (χ1n) is 6.21. The molecule has 0 aliphatic rings. The van der Waals surface area contributed by atoms with Crippen LogP contribution in [0.4, 0.5) is 5.82 Å². The molecule has 0 unspecified atom stereocenters. The van der Waals surface area contributed by atoms with Crippen LogP contribution in [0.2, 0.25) is 0 Å². The van der Waals surface area contributed by atoms with Gasteiger partial charge in [-0.2, -0.15) is 0 Å². The van der Waals surface area contributed by atoms with Gasteiger partial charge in [0.1, 0.15) is 17.3 Å². The van der Waals surface area contributed by atoms with E-state index in [4.69, 9.17) is 0 Å². The number of aryl methyl sites for hydroxylation is 2. The molecule has 0 fully saturated rings. The molecule has 0 aliphatic heterocycles. The van der Waals surface area contributed by atoms with Crippen LogP contribution in [0.5, 0.6) is 0 Å². The van der Waals surface area contributed by atoms with Crippen molar-refractivity contribution in [2.75, 3.05) is 11.9 Å². The molecule has 6 heteroatoms. The molecule has 0 aromatic carbocycles. The van der Waals surface area contributed by atoms with Crippen LogP contribution >= 0.6 is 0 Å². The van der Waals surface area contributed by atoms with E-state index in [0.717, 1.165) is 42.4 Å². The maximum Gasteiger partial charge on any atom is 0.131 e. The average molecular weight is 246 g/mol. The largest absolute Gasteiger partial charge is 0.370 e. The Bertz CT molecular complexity index is 495. The summed E-state index contributed by atoms with van der Waals surface area (Å²) < 4.78 is 1.72. The number of nitrogens with one attached hydrogen (secondary N) is 1. The number of nitrogens with zero attached hydrogens (tertiary/aromatic N) is 5. The molecular weight excluding hydrogens is 228 g/mol. The summed E-state index contributed by atoms with van der Waals surface area (Å²) in [7, 11) is 1.86. The summed E-state index contributed by atoms with van der Waals surface area (Å²) in [4.78, 5) is 9.04. The van der Waals surface area contributed by atoms with Gasteiger partial charge >= 0.3 is 0 Å². The van der Waals surface area contributed by atoms with Crippen molar-refractivity contribution in [3.8, 4) is 11.4 Å². The number of hydrogen-bond acceptors (Lipinski definition) is 5. The second-order valence-electron chi connectivity index (χ2n) is 4.08. The quantitative estimate of drug-likeness (QED) is 0.868. The Morgan fingerprint density at radius 2 is 2.11 bits per heavy atom. The summed E-state index contributed by atoms with van der Waals surface area (Å²) in [6.45, 7) is 5.01. The molecule has 96 valence electrons. The van der Waals surface area contributed by atoms with Crippen molar-refractivity contribution in [1.29, 1.82) is 0 Å². The number of hydrogen-bond donors (Lipinski definition) is 1. The molecule has 18 heavy (non-hydrogen) atoms. The zero-order chi connectivity index (χ0) is 13.0. The Balaban J connectivity index is 2.42. The summed E-state index contributed by atoms with van der Waals surface area (Å²) in [6, 6.07) is 1.93. The molecule has 6 nitrogen and oxygen atoms in total. The molecule has 0 bridgehead atoms. The molecule has 0 aliphatic carbocycles. The molecule has 0 radical (unpaired) electrons. The van der Waals surface area contributed by atoms with Crippen LogP contribution in [0.3, 0.4) is 0 Å². The Kier molecular flexibility index (Phi) is 3.86. The van der Waals surface area contributed by atoms with Crippen molar-refractivity contribution < 1.29 is 0 Å². The monoisotopic (exact) mass is 246 g/mol. The summed E-state index contributed by atoms with van der Waals surface area (Å²) in [5.74, 6) is 1.71. The highest BCUT2D eigenvalue weighted by Gasteiger charge is 2.09. The topological polar surface area (TPSA) is 68.5 Å². The van der Waals surface area contributed by atoms with Crippen LogP contribution in [-0.4, -0.2) is 31.5 Å². The maximum absolute atomic E-state index is 4.56. The minimum absolute atomic E-state index is 0.839. The van der Waals surface area contributed by atoms with Crippen LogP contribution in [0.15, 0.2) is 12.3 Å². The SMILES string of the molecule is CCCc1nc(NCC)cc(-c2cnnn2C)n1. The van der Waals surface area contributed by atoms with Gasteiger partial charge in [-0.25, -0.2) is 14.6 Å². The van der Waals surface area contributed by atoms with E-state index in [1.54, 1.807) is 10.9 Å². The maximum atomic E-state index is 4.56. The highest BCUT2D eigenvalue weighted by molar-refractivity contribution is 5.57. The van der Waals surface area contributed by atoms with Crippen LogP contribution in [0, 0.1) is 0 Å². The van der Waals surface area contributed by atoms with E-state index < -0.39 is 0 Å². The molecule has 2 heterocycles. The van der Waals surface area contributed by atoms with Crippen LogP contribution in [-0.2, 0) is 13.5 Å². The van der Waals surface area contributed by atoms with Gasteiger partial charge in [0.25, 0.3) is 0 Å². The fraction of sp³-hybridized carbons (Fsp3) is 0.500. The van der Waals surface area contributed by atoms with Crippen molar-refractivity contribution in [3.63, 3.8) is 0 Å². The zero-order valence-electron chi connectivity index (χ0n) is 11.0. The van der Waals surface area contributed by atoms with E-state index in [0.29, 0.717) is 0 Å².